The molecule has 0 heterocycles. The second kappa shape index (κ2) is 19.1. The highest BCUT2D eigenvalue weighted by molar-refractivity contribution is 7.34. The Balaban J connectivity index is 3.33. The Bertz CT molecular complexity index is 375. The molecule has 0 aliphatic heterocycles. The van der Waals surface area contributed by atoms with Gasteiger partial charge in [-0.3, -0.25) is 0 Å². The van der Waals surface area contributed by atoms with Crippen LogP contribution < -0.4 is 5.11 Å². The third-order valence-corrected chi connectivity index (χ3v) is 5.41. The van der Waals surface area contributed by atoms with Gasteiger partial charge in [0, 0.05) is 8.43 Å². The van der Waals surface area contributed by atoms with Gasteiger partial charge in [0.1, 0.15) is 13.2 Å². The normalized spacial score (nSPS) is 13.0. The first kappa shape index (κ1) is 26.8. The lowest BCUT2D eigenvalue weighted by atomic mass is 10.1. The smallest absolute Gasteiger partial charge is 0.106 e. The van der Waals surface area contributed by atoms with E-state index in [4.69, 9.17) is 4.52 Å². The molecule has 0 aromatic carbocycles. The average molecular weight is 400 g/mol. The summed E-state index contributed by atoms with van der Waals surface area (Å²) in [6, 6.07) is 0. The monoisotopic (exact) mass is 399 g/mol. The van der Waals surface area contributed by atoms with Crippen LogP contribution in [0.4, 0.5) is 0 Å². The zero-order valence-corrected chi connectivity index (χ0v) is 19.6. The predicted octanol–water partition coefficient (Wildman–Crippen LogP) is 6.10. The maximum atomic E-state index is 11.7. The van der Waals surface area contributed by atoms with Gasteiger partial charge >= 0.3 is 0 Å². The first-order chi connectivity index (χ1) is 13.0. The highest BCUT2D eigenvalue weighted by Gasteiger charge is 2.04. The minimum absolute atomic E-state index is 0.231. The van der Waals surface area contributed by atoms with Crippen LogP contribution in [0.25, 0.3) is 0 Å². The quantitative estimate of drug-likeness (QED) is 0.114. The van der Waals surface area contributed by atoms with Crippen LogP contribution in [-0.4, -0.2) is 44.3 Å². The SMILES string of the molecule is CCCCCCCCC=CCCCCCCCC([O-])=POCC[N+](C)(C)C. The fourth-order valence-electron chi connectivity index (χ4n) is 2.82. The first-order valence-electron chi connectivity index (χ1n) is 11.3. The van der Waals surface area contributed by atoms with Crippen LogP contribution in [0.3, 0.4) is 0 Å². The molecule has 0 aromatic heterocycles. The van der Waals surface area contributed by atoms with Gasteiger partial charge in [-0.15, -0.1) is 5.48 Å². The molecule has 0 aliphatic rings. The summed E-state index contributed by atoms with van der Waals surface area (Å²) >= 11 is 0. The van der Waals surface area contributed by atoms with E-state index in [0.29, 0.717) is 21.5 Å². The van der Waals surface area contributed by atoms with E-state index in [1.54, 1.807) is 0 Å². The zero-order chi connectivity index (χ0) is 20.2. The minimum Gasteiger partial charge on any atom is -0.826 e. The number of hydrogen-bond acceptors (Lipinski definition) is 2. The largest absolute Gasteiger partial charge is 0.826 e. The minimum atomic E-state index is 0.231. The lowest BCUT2D eigenvalue weighted by Crippen LogP contribution is -2.37. The van der Waals surface area contributed by atoms with Crippen LogP contribution in [0.5, 0.6) is 0 Å². The van der Waals surface area contributed by atoms with Crippen LogP contribution in [0.2, 0.25) is 0 Å². The van der Waals surface area contributed by atoms with Gasteiger partial charge in [-0.25, -0.2) is 0 Å². The van der Waals surface area contributed by atoms with Gasteiger partial charge in [0.05, 0.1) is 21.1 Å². The van der Waals surface area contributed by atoms with E-state index in [1.165, 1.54) is 77.0 Å². The Morgan fingerprint density at radius 3 is 1.89 bits per heavy atom. The maximum absolute atomic E-state index is 11.7. The van der Waals surface area contributed by atoms with Crippen molar-refractivity contribution in [3.63, 3.8) is 0 Å². The van der Waals surface area contributed by atoms with Gasteiger partial charge < -0.3 is 14.1 Å². The molecule has 0 bridgehead atoms. The predicted molar refractivity (Wildman–Crippen MR) is 120 cm³/mol. The average Bonchev–Trinajstić information content (AvgIpc) is 2.61. The van der Waals surface area contributed by atoms with Crippen molar-refractivity contribution in [3.05, 3.63) is 12.2 Å². The summed E-state index contributed by atoms with van der Waals surface area (Å²) in [5, 5.41) is 11.7. The number of allylic oxidation sites excluding steroid dienone is 2. The molecule has 27 heavy (non-hydrogen) atoms. The fraction of sp³-hybridized carbons (Fsp3) is 0.870. The van der Waals surface area contributed by atoms with E-state index in [-0.39, 0.29) is 5.48 Å². The molecule has 0 saturated carbocycles. The standard InChI is InChI=1S/C23H46NO2P/c1-5-6-7-8-9-10-11-12-13-14-15-16-17-18-19-20-23(25)27-26-22-21-24(2,3)4/h12-13H,5-11,14-22H2,1-4H3. The number of nitrogens with zero attached hydrogens (tertiary/aromatic N) is 1. The van der Waals surface area contributed by atoms with Crippen molar-refractivity contribution >= 4 is 13.9 Å². The molecule has 3 nitrogen and oxygen atoms in total. The summed E-state index contributed by atoms with van der Waals surface area (Å²) in [5.41, 5.74) is 0.231. The van der Waals surface area contributed by atoms with Crippen molar-refractivity contribution in [2.24, 2.45) is 0 Å². The Labute approximate surface area is 171 Å². The van der Waals surface area contributed by atoms with Gasteiger partial charge in [0.15, 0.2) is 0 Å². The second-order valence-electron chi connectivity index (χ2n) is 8.67. The molecule has 160 valence electrons. The van der Waals surface area contributed by atoms with E-state index in [1.807, 2.05) is 0 Å². The van der Waals surface area contributed by atoms with Crippen LogP contribution >= 0.6 is 8.43 Å². The summed E-state index contributed by atoms with van der Waals surface area (Å²) in [4.78, 5) is 0. The second-order valence-corrected chi connectivity index (χ2v) is 9.61. The molecular formula is C23H46NO2P. The summed E-state index contributed by atoms with van der Waals surface area (Å²) in [7, 11) is 6.94. The van der Waals surface area contributed by atoms with Gasteiger partial charge in [0.2, 0.25) is 0 Å². The van der Waals surface area contributed by atoms with Gasteiger partial charge in [-0.2, -0.15) is 0 Å². The van der Waals surface area contributed by atoms with Crippen molar-refractivity contribution < 1.29 is 14.1 Å². The van der Waals surface area contributed by atoms with E-state index < -0.39 is 0 Å². The summed E-state index contributed by atoms with van der Waals surface area (Å²) < 4.78 is 6.32. The van der Waals surface area contributed by atoms with Crippen molar-refractivity contribution in [3.8, 4) is 0 Å². The van der Waals surface area contributed by atoms with Crippen LogP contribution in [0.1, 0.15) is 96.8 Å². The summed E-state index contributed by atoms with van der Waals surface area (Å²) in [6.45, 7) is 3.86. The number of unbranched alkanes of at least 4 members (excludes halogenated alkanes) is 11. The molecule has 0 radical (unpaired) electrons. The molecule has 0 N–H and O–H groups in total. The van der Waals surface area contributed by atoms with Crippen molar-refractivity contribution in [2.45, 2.75) is 96.8 Å². The number of hydrogen-bond donors (Lipinski definition) is 0. The van der Waals surface area contributed by atoms with Crippen molar-refractivity contribution in [1.29, 1.82) is 0 Å². The first-order valence-corrected chi connectivity index (χ1v) is 12.1. The molecule has 0 rings (SSSR count). The molecule has 4 heteroatoms. The molecule has 0 fully saturated rings. The Morgan fingerprint density at radius 1 is 0.815 bits per heavy atom. The Morgan fingerprint density at radius 2 is 1.33 bits per heavy atom. The van der Waals surface area contributed by atoms with E-state index in [0.717, 1.165) is 17.4 Å². The molecule has 0 saturated heterocycles. The van der Waals surface area contributed by atoms with Gasteiger partial charge in [0.25, 0.3) is 0 Å². The number of quaternary nitrogens is 1. The molecule has 0 aliphatic carbocycles. The van der Waals surface area contributed by atoms with Gasteiger partial charge in [-0.1, -0.05) is 76.9 Å². The van der Waals surface area contributed by atoms with Gasteiger partial charge in [-0.05, 0) is 32.1 Å². The topological polar surface area (TPSA) is 32.3 Å². The highest BCUT2D eigenvalue weighted by atomic mass is 31.1. The lowest BCUT2D eigenvalue weighted by Gasteiger charge is -2.23. The highest BCUT2D eigenvalue weighted by Crippen LogP contribution is 2.11. The molecule has 0 atom stereocenters. The van der Waals surface area contributed by atoms with Crippen LogP contribution in [-0.2, 0) is 4.52 Å². The third-order valence-electron chi connectivity index (χ3n) is 4.67. The Hall–Kier alpha value is -0.210. The maximum Gasteiger partial charge on any atom is 0.106 e. The van der Waals surface area contributed by atoms with Crippen LogP contribution in [0.15, 0.2) is 12.2 Å². The lowest BCUT2D eigenvalue weighted by molar-refractivity contribution is -0.870. The third kappa shape index (κ3) is 23.8. The molecule has 0 spiro atoms. The molecule has 0 aromatic rings. The Kier molecular flexibility index (Phi) is 19.0. The molecular weight excluding hydrogens is 353 g/mol. The van der Waals surface area contributed by atoms with E-state index >= 15 is 0 Å². The van der Waals surface area contributed by atoms with E-state index in [2.05, 4.69) is 40.2 Å². The zero-order valence-electron chi connectivity index (χ0n) is 18.7. The van der Waals surface area contributed by atoms with Crippen LogP contribution in [0, 0.1) is 0 Å². The van der Waals surface area contributed by atoms with E-state index in [9.17, 15) is 5.11 Å². The molecule has 0 amide bonds. The summed E-state index contributed by atoms with van der Waals surface area (Å²) in [5.74, 6) is 0. The van der Waals surface area contributed by atoms with Crippen molar-refractivity contribution in [1.82, 2.24) is 0 Å². The number of rotatable bonds is 19. The summed E-state index contributed by atoms with van der Waals surface area (Å²) in [6.07, 6.45) is 22.2. The fourth-order valence-corrected chi connectivity index (χ4v) is 3.39. The van der Waals surface area contributed by atoms with Crippen molar-refractivity contribution in [2.75, 3.05) is 34.3 Å². The number of likely N-dealkylation sites (N-methyl/N-ethyl adjacent to an activating group) is 1. The molecule has 0 unspecified atom stereocenters.